The van der Waals surface area contributed by atoms with Gasteiger partial charge in [-0.15, -0.1) is 0 Å². The molecule has 1 amide bonds. The van der Waals surface area contributed by atoms with E-state index in [9.17, 15) is 4.79 Å². The number of fused-ring (bicyclic) bond motifs is 5. The number of nitrogens with zero attached hydrogens (tertiary/aromatic N) is 4. The Labute approximate surface area is 157 Å². The molecule has 2 bridgehead atoms. The maximum atomic E-state index is 13.3. The molecular formula is C20H24N6O. The monoisotopic (exact) mass is 364 g/mol. The lowest BCUT2D eigenvalue weighted by molar-refractivity contribution is 0.0580. The molecule has 3 aliphatic heterocycles. The van der Waals surface area contributed by atoms with E-state index in [1.807, 2.05) is 24.3 Å². The summed E-state index contributed by atoms with van der Waals surface area (Å²) in [6.45, 7) is 5.65. The molecule has 6 rings (SSSR count). The molecule has 5 heterocycles. The Morgan fingerprint density at radius 2 is 2.11 bits per heavy atom. The molecule has 3 fully saturated rings. The van der Waals surface area contributed by atoms with Gasteiger partial charge >= 0.3 is 0 Å². The summed E-state index contributed by atoms with van der Waals surface area (Å²) < 4.78 is 0. The molecule has 2 aromatic heterocycles. The van der Waals surface area contributed by atoms with Gasteiger partial charge in [0.25, 0.3) is 5.91 Å². The van der Waals surface area contributed by atoms with Gasteiger partial charge in [-0.25, -0.2) is 4.98 Å². The molecule has 7 nitrogen and oxygen atoms in total. The summed E-state index contributed by atoms with van der Waals surface area (Å²) in [4.78, 5) is 25.4. The van der Waals surface area contributed by atoms with Crippen LogP contribution in [0.4, 0.5) is 0 Å². The van der Waals surface area contributed by atoms with Crippen LogP contribution < -0.4 is 0 Å². The molecule has 0 spiro atoms. The number of para-hydroxylation sites is 1. The van der Waals surface area contributed by atoms with Crippen LogP contribution in [0, 0.1) is 12.8 Å². The Hall–Kier alpha value is -2.67. The van der Waals surface area contributed by atoms with Gasteiger partial charge in [-0.3, -0.25) is 14.8 Å². The summed E-state index contributed by atoms with van der Waals surface area (Å²) in [6, 6.07) is 8.08. The highest BCUT2D eigenvalue weighted by atomic mass is 16.2. The van der Waals surface area contributed by atoms with E-state index in [1.54, 1.807) is 6.33 Å². The van der Waals surface area contributed by atoms with Crippen LogP contribution in [0.15, 0.2) is 30.6 Å². The summed E-state index contributed by atoms with van der Waals surface area (Å²) in [6.07, 6.45) is 4.01. The number of carbonyl (C=O) groups excluding carboxylic acids is 1. The van der Waals surface area contributed by atoms with Crippen molar-refractivity contribution in [3.05, 3.63) is 47.7 Å². The van der Waals surface area contributed by atoms with Gasteiger partial charge in [0.2, 0.25) is 0 Å². The zero-order valence-corrected chi connectivity index (χ0v) is 15.5. The molecule has 1 aromatic carbocycles. The summed E-state index contributed by atoms with van der Waals surface area (Å²) in [5.74, 6) is 0.567. The minimum Gasteiger partial charge on any atom is -0.348 e. The van der Waals surface area contributed by atoms with Crippen LogP contribution in [0.2, 0.25) is 0 Å². The van der Waals surface area contributed by atoms with E-state index in [0.29, 0.717) is 11.6 Å². The first-order chi connectivity index (χ1) is 13.2. The van der Waals surface area contributed by atoms with Crippen molar-refractivity contribution in [3.63, 3.8) is 0 Å². The van der Waals surface area contributed by atoms with E-state index in [-0.39, 0.29) is 11.9 Å². The number of amides is 1. The summed E-state index contributed by atoms with van der Waals surface area (Å²) in [7, 11) is 0. The van der Waals surface area contributed by atoms with Crippen LogP contribution >= 0.6 is 0 Å². The van der Waals surface area contributed by atoms with Crippen molar-refractivity contribution in [2.75, 3.05) is 19.6 Å². The highest BCUT2D eigenvalue weighted by Gasteiger charge is 2.38. The number of nitrogens with one attached hydrogen (secondary N) is 2. The van der Waals surface area contributed by atoms with Gasteiger partial charge in [-0.05, 0) is 31.7 Å². The molecule has 0 radical (unpaired) electrons. The van der Waals surface area contributed by atoms with Gasteiger partial charge in [0.05, 0.1) is 17.5 Å². The van der Waals surface area contributed by atoms with Crippen LogP contribution in [0.5, 0.6) is 0 Å². The normalized spacial score (nSPS) is 23.1. The average molecular weight is 364 g/mol. The second kappa shape index (κ2) is 6.49. The first-order valence-corrected chi connectivity index (χ1v) is 9.64. The van der Waals surface area contributed by atoms with Crippen LogP contribution in [-0.4, -0.2) is 61.5 Å². The number of aromatic nitrogens is 4. The Balaban J connectivity index is 1.38. The van der Waals surface area contributed by atoms with Crippen molar-refractivity contribution in [3.8, 4) is 0 Å². The number of hydrogen-bond donors (Lipinski definition) is 2. The van der Waals surface area contributed by atoms with Crippen molar-refractivity contribution < 1.29 is 4.79 Å². The predicted molar refractivity (Wildman–Crippen MR) is 102 cm³/mol. The largest absolute Gasteiger partial charge is 0.348 e. The third-order valence-corrected chi connectivity index (χ3v) is 6.03. The zero-order chi connectivity index (χ0) is 18.4. The topological polar surface area (TPSA) is 80.9 Å². The Morgan fingerprint density at radius 3 is 2.96 bits per heavy atom. The third-order valence-electron chi connectivity index (χ3n) is 6.03. The number of benzene rings is 1. The molecular weight excluding hydrogens is 340 g/mol. The molecule has 0 saturated carbocycles. The fourth-order valence-corrected chi connectivity index (χ4v) is 4.58. The molecule has 27 heavy (non-hydrogen) atoms. The maximum Gasteiger partial charge on any atom is 0.275 e. The minimum absolute atomic E-state index is 0.0555. The summed E-state index contributed by atoms with van der Waals surface area (Å²) >= 11 is 0. The maximum absolute atomic E-state index is 13.3. The number of carbonyl (C=O) groups is 1. The van der Waals surface area contributed by atoms with Gasteiger partial charge in [0.15, 0.2) is 5.69 Å². The van der Waals surface area contributed by atoms with E-state index in [2.05, 4.69) is 36.9 Å². The Morgan fingerprint density at radius 1 is 1.22 bits per heavy atom. The molecule has 7 heteroatoms. The average Bonchev–Trinajstić information content (AvgIpc) is 3.17. The van der Waals surface area contributed by atoms with Gasteiger partial charge in [0.1, 0.15) is 0 Å². The lowest BCUT2D eigenvalue weighted by atomic mass is 9.94. The van der Waals surface area contributed by atoms with E-state index in [0.717, 1.165) is 54.9 Å². The van der Waals surface area contributed by atoms with E-state index < -0.39 is 0 Å². The van der Waals surface area contributed by atoms with Crippen molar-refractivity contribution >= 4 is 16.8 Å². The van der Waals surface area contributed by atoms with Crippen LogP contribution in [0.1, 0.15) is 34.7 Å². The van der Waals surface area contributed by atoms with Crippen LogP contribution in [0.3, 0.4) is 0 Å². The molecule has 2 atom stereocenters. The second-order valence-electron chi connectivity index (χ2n) is 7.84. The summed E-state index contributed by atoms with van der Waals surface area (Å²) in [5, 5.41) is 8.23. The Kier molecular flexibility index (Phi) is 3.97. The number of imidazole rings is 1. The molecule has 3 aromatic rings. The SMILES string of the molecule is Cc1[nH]cnc1CN1C[C@H]2CC[C@@H](C1)N(C(=O)c1n[nH]c3ccccc13)C2. The number of piperidine rings is 1. The molecule has 0 aliphatic carbocycles. The van der Waals surface area contributed by atoms with Gasteiger partial charge < -0.3 is 9.88 Å². The van der Waals surface area contributed by atoms with Gasteiger partial charge in [0, 0.05) is 43.3 Å². The number of H-pyrrole nitrogens is 2. The van der Waals surface area contributed by atoms with Crippen molar-refractivity contribution in [2.45, 2.75) is 32.4 Å². The molecule has 3 saturated heterocycles. The van der Waals surface area contributed by atoms with Crippen molar-refractivity contribution in [1.29, 1.82) is 0 Å². The molecule has 2 N–H and O–H groups in total. The van der Waals surface area contributed by atoms with Gasteiger partial charge in [-0.2, -0.15) is 5.10 Å². The molecule has 0 unspecified atom stereocenters. The number of hydrogen-bond acceptors (Lipinski definition) is 4. The van der Waals surface area contributed by atoms with E-state index >= 15 is 0 Å². The van der Waals surface area contributed by atoms with Gasteiger partial charge in [-0.1, -0.05) is 18.2 Å². The standard InChI is InChI=1S/C20H24N6O/c1-13-18(22-12-21-13)11-25-8-14-6-7-15(10-25)26(9-14)20(27)19-16-4-2-3-5-17(16)23-24-19/h2-5,12,14-15H,6-11H2,1H3,(H,21,22)(H,23,24)/t14-,15+/m1/s1. The lowest BCUT2D eigenvalue weighted by Gasteiger charge is -2.35. The highest BCUT2D eigenvalue weighted by Crippen LogP contribution is 2.30. The smallest absolute Gasteiger partial charge is 0.275 e. The summed E-state index contributed by atoms with van der Waals surface area (Å²) in [5.41, 5.74) is 3.69. The molecule has 3 aliphatic rings. The fraction of sp³-hybridized carbons (Fsp3) is 0.450. The third kappa shape index (κ3) is 2.92. The van der Waals surface area contributed by atoms with E-state index in [4.69, 9.17) is 0 Å². The van der Waals surface area contributed by atoms with Crippen molar-refractivity contribution in [2.24, 2.45) is 5.92 Å². The predicted octanol–water partition coefficient (Wildman–Crippen LogP) is 2.33. The van der Waals surface area contributed by atoms with Crippen LogP contribution in [0.25, 0.3) is 10.9 Å². The minimum atomic E-state index is 0.0555. The Bertz CT molecular complexity index is 976. The van der Waals surface area contributed by atoms with Crippen LogP contribution in [-0.2, 0) is 6.54 Å². The first kappa shape index (κ1) is 16.5. The zero-order valence-electron chi connectivity index (χ0n) is 15.5. The first-order valence-electron chi connectivity index (χ1n) is 9.64. The number of aromatic amines is 2. The number of aryl methyl sites for hydroxylation is 1. The van der Waals surface area contributed by atoms with Crippen molar-refractivity contribution in [1.82, 2.24) is 30.0 Å². The quantitative estimate of drug-likeness (QED) is 0.747. The lowest BCUT2D eigenvalue weighted by Crippen LogP contribution is -2.47. The fourth-order valence-electron chi connectivity index (χ4n) is 4.58. The second-order valence-corrected chi connectivity index (χ2v) is 7.84. The molecule has 140 valence electrons. The highest BCUT2D eigenvalue weighted by molar-refractivity contribution is 6.04. The van der Waals surface area contributed by atoms with E-state index in [1.165, 1.54) is 6.42 Å². The number of rotatable bonds is 3.